The Morgan fingerprint density at radius 2 is 1.95 bits per heavy atom. The molecule has 1 aliphatic carbocycles. The van der Waals surface area contributed by atoms with Gasteiger partial charge in [-0.15, -0.1) is 0 Å². The van der Waals surface area contributed by atoms with Crippen LogP contribution in [-0.4, -0.2) is 18.1 Å². The topological polar surface area (TPSA) is 52.3 Å². The molecule has 19 heavy (non-hydrogen) atoms. The zero-order chi connectivity index (χ0) is 14.8. The quantitative estimate of drug-likeness (QED) is 0.636. The monoisotopic (exact) mass is 279 g/mol. The number of ketones is 1. The molecule has 0 spiro atoms. The van der Waals surface area contributed by atoms with Gasteiger partial charge in [0.25, 0.3) is 0 Å². The molecule has 0 aromatic rings. The number of halogens is 4. The summed E-state index contributed by atoms with van der Waals surface area (Å²) in [5.41, 5.74) is 3.21. The smallest absolute Gasteiger partial charge is 0.205 e. The average Bonchev–Trinajstić information content (AvgIpc) is 2.42. The summed E-state index contributed by atoms with van der Waals surface area (Å²) in [6.07, 6.45) is -0.459. The number of carbonyl (C=O) groups is 1. The van der Waals surface area contributed by atoms with Crippen LogP contribution in [0.1, 0.15) is 20.3 Å². The molecule has 2 N–H and O–H groups in total. The summed E-state index contributed by atoms with van der Waals surface area (Å²) in [5, 5.41) is 0. The zero-order valence-corrected chi connectivity index (χ0v) is 10.4. The molecule has 1 unspecified atom stereocenters. The van der Waals surface area contributed by atoms with Crippen LogP contribution >= 0.6 is 0 Å². The Labute approximate surface area is 107 Å². The lowest BCUT2D eigenvalue weighted by molar-refractivity contribution is -0.137. The van der Waals surface area contributed by atoms with Crippen LogP contribution in [0.3, 0.4) is 0 Å². The number of hydrogen-bond acceptors (Lipinski definition) is 3. The summed E-state index contributed by atoms with van der Waals surface area (Å²) in [4.78, 5) is 11.9. The molecule has 7 heteroatoms. The van der Waals surface area contributed by atoms with Crippen molar-refractivity contribution in [3.8, 4) is 0 Å². The highest BCUT2D eigenvalue weighted by molar-refractivity contribution is 6.02. The van der Waals surface area contributed by atoms with Crippen LogP contribution in [0.2, 0.25) is 0 Å². The molecular formula is C12H13F4NO2. The van der Waals surface area contributed by atoms with Gasteiger partial charge >= 0.3 is 0 Å². The second kappa shape index (κ2) is 5.66. The molecule has 0 fully saturated rings. The predicted molar refractivity (Wildman–Crippen MR) is 60.4 cm³/mol. The maximum absolute atomic E-state index is 13.2. The van der Waals surface area contributed by atoms with E-state index in [2.05, 4.69) is 0 Å². The second-order valence-corrected chi connectivity index (χ2v) is 4.10. The largest absolute Gasteiger partial charge is 0.354 e. The first-order valence-corrected chi connectivity index (χ1v) is 5.48. The normalized spacial score (nSPS) is 20.1. The Hall–Kier alpha value is -1.47. The molecule has 0 aliphatic heterocycles. The van der Waals surface area contributed by atoms with Crippen molar-refractivity contribution in [3.63, 3.8) is 0 Å². The molecule has 1 atom stereocenters. The van der Waals surface area contributed by atoms with E-state index >= 15 is 0 Å². The van der Waals surface area contributed by atoms with Crippen molar-refractivity contribution in [2.45, 2.75) is 26.0 Å². The summed E-state index contributed by atoms with van der Waals surface area (Å²) in [7, 11) is 0. The highest BCUT2D eigenvalue weighted by Gasteiger charge is 2.34. The van der Waals surface area contributed by atoms with Crippen LogP contribution in [0, 0.1) is 0 Å². The number of allylic oxidation sites excluding steroid dienone is 5. The molecule has 106 valence electrons. The van der Waals surface area contributed by atoms with E-state index in [9.17, 15) is 22.4 Å². The Bertz CT molecular complexity index is 492. The van der Waals surface area contributed by atoms with Gasteiger partial charge in [0.1, 0.15) is 5.83 Å². The van der Waals surface area contributed by atoms with E-state index in [0.717, 1.165) is 0 Å². The van der Waals surface area contributed by atoms with Gasteiger partial charge in [-0.1, -0.05) is 0 Å². The van der Waals surface area contributed by atoms with Crippen LogP contribution in [0.15, 0.2) is 35.0 Å². The fraction of sp³-hybridized carbons (Fsp3) is 0.417. The van der Waals surface area contributed by atoms with Gasteiger partial charge in [-0.3, -0.25) is 10.5 Å². The lowest BCUT2D eigenvalue weighted by Crippen LogP contribution is -2.48. The Kier molecular flexibility index (Phi) is 4.65. The van der Waals surface area contributed by atoms with E-state index in [0.29, 0.717) is 6.08 Å². The van der Waals surface area contributed by atoms with Crippen molar-refractivity contribution in [2.24, 2.45) is 5.73 Å². The minimum absolute atomic E-state index is 0.0887. The number of rotatable bonds is 4. The number of nitrogens with two attached hydrogens (primary N) is 1. The van der Waals surface area contributed by atoms with Gasteiger partial charge in [0.15, 0.2) is 23.2 Å². The van der Waals surface area contributed by atoms with Crippen LogP contribution in [0.25, 0.3) is 0 Å². The lowest BCUT2D eigenvalue weighted by atomic mass is 9.99. The number of carbonyl (C=O) groups excluding carboxylic acids is 1. The van der Waals surface area contributed by atoms with E-state index in [4.69, 9.17) is 10.5 Å². The fourth-order valence-corrected chi connectivity index (χ4v) is 1.57. The minimum atomic E-state index is -1.98. The van der Waals surface area contributed by atoms with Gasteiger partial charge < -0.3 is 4.74 Å². The van der Waals surface area contributed by atoms with E-state index in [1.165, 1.54) is 6.92 Å². The molecule has 0 aromatic heterocycles. The number of hydrogen-bond donors (Lipinski definition) is 1. The molecule has 0 aromatic carbocycles. The number of ether oxygens (including phenoxy) is 1. The maximum Gasteiger partial charge on any atom is 0.205 e. The molecule has 0 saturated heterocycles. The maximum atomic E-state index is 13.2. The molecular weight excluding hydrogens is 266 g/mol. The van der Waals surface area contributed by atoms with Crippen LogP contribution in [0.4, 0.5) is 17.6 Å². The third kappa shape index (κ3) is 3.30. The van der Waals surface area contributed by atoms with E-state index in [1.54, 1.807) is 6.92 Å². The van der Waals surface area contributed by atoms with Crippen LogP contribution in [-0.2, 0) is 9.53 Å². The summed E-state index contributed by atoms with van der Waals surface area (Å²) >= 11 is 0. The first-order chi connectivity index (χ1) is 8.70. The number of Topliss-reactive ketones (excluding diaryl/α,β-unsaturated/α-hetero) is 1. The summed E-state index contributed by atoms with van der Waals surface area (Å²) < 4.78 is 57.3. The first kappa shape index (κ1) is 15.6. The Morgan fingerprint density at radius 1 is 1.37 bits per heavy atom. The predicted octanol–water partition coefficient (Wildman–Crippen LogP) is 2.90. The lowest BCUT2D eigenvalue weighted by Gasteiger charge is -2.23. The van der Waals surface area contributed by atoms with Crippen molar-refractivity contribution in [2.75, 3.05) is 6.61 Å². The van der Waals surface area contributed by atoms with E-state index in [-0.39, 0.29) is 6.61 Å². The fourth-order valence-electron chi connectivity index (χ4n) is 1.57. The van der Waals surface area contributed by atoms with Gasteiger partial charge in [0.05, 0.1) is 0 Å². The highest BCUT2D eigenvalue weighted by atomic mass is 19.2. The van der Waals surface area contributed by atoms with Crippen LogP contribution in [0.5, 0.6) is 0 Å². The molecule has 0 saturated carbocycles. The van der Waals surface area contributed by atoms with Gasteiger partial charge in [-0.05, 0) is 19.9 Å². The average molecular weight is 279 g/mol. The molecule has 0 bridgehead atoms. The van der Waals surface area contributed by atoms with E-state index < -0.39 is 46.8 Å². The van der Waals surface area contributed by atoms with Crippen molar-refractivity contribution in [1.82, 2.24) is 0 Å². The minimum Gasteiger partial charge on any atom is -0.354 e. The second-order valence-electron chi connectivity index (χ2n) is 4.10. The first-order valence-electron chi connectivity index (χ1n) is 5.48. The SMILES string of the molecule is CCOC(C)(N)C(=O)C1=CC(F)=C(F)C(F)=C(F)C1. The Morgan fingerprint density at radius 3 is 2.47 bits per heavy atom. The standard InChI is InChI=1S/C12H13F4NO2/c1-3-19-12(2,17)11(18)6-4-7(13)9(15)10(16)8(14)5-6/h4H,3,5,17H2,1-2H3. The summed E-state index contributed by atoms with van der Waals surface area (Å²) in [6, 6.07) is 0. The summed E-state index contributed by atoms with van der Waals surface area (Å²) in [6.45, 7) is 2.85. The van der Waals surface area contributed by atoms with Crippen molar-refractivity contribution in [3.05, 3.63) is 35.0 Å². The molecule has 0 heterocycles. The molecule has 3 nitrogen and oxygen atoms in total. The molecule has 0 radical (unpaired) electrons. The van der Waals surface area contributed by atoms with Gasteiger partial charge in [0, 0.05) is 18.6 Å². The van der Waals surface area contributed by atoms with Crippen molar-refractivity contribution in [1.29, 1.82) is 0 Å². The van der Waals surface area contributed by atoms with Gasteiger partial charge in [0.2, 0.25) is 5.78 Å². The van der Waals surface area contributed by atoms with Crippen molar-refractivity contribution >= 4 is 5.78 Å². The highest BCUT2D eigenvalue weighted by Crippen LogP contribution is 2.33. The Balaban J connectivity index is 3.17. The van der Waals surface area contributed by atoms with E-state index in [1.807, 2.05) is 0 Å². The van der Waals surface area contributed by atoms with Gasteiger partial charge in [-0.25, -0.2) is 17.6 Å². The third-order valence-corrected chi connectivity index (χ3v) is 2.47. The summed E-state index contributed by atoms with van der Waals surface area (Å²) in [5.74, 6) is -8.11. The molecule has 1 aliphatic rings. The van der Waals surface area contributed by atoms with Crippen molar-refractivity contribution < 1.29 is 27.1 Å². The molecule has 1 rings (SSSR count). The van der Waals surface area contributed by atoms with Gasteiger partial charge in [-0.2, -0.15) is 0 Å². The third-order valence-electron chi connectivity index (χ3n) is 2.47. The zero-order valence-electron chi connectivity index (χ0n) is 10.4. The molecule has 0 amide bonds. The van der Waals surface area contributed by atoms with Crippen LogP contribution < -0.4 is 5.73 Å².